The van der Waals surface area contributed by atoms with Crippen molar-refractivity contribution in [1.29, 1.82) is 0 Å². The summed E-state index contributed by atoms with van der Waals surface area (Å²) in [6.45, 7) is 0.761. The molecule has 0 spiro atoms. The Morgan fingerprint density at radius 1 is 1.06 bits per heavy atom. The van der Waals surface area contributed by atoms with E-state index < -0.39 is 27.8 Å². The lowest BCUT2D eigenvalue weighted by molar-refractivity contribution is -0.141. The average Bonchev–Trinajstić information content (AvgIpc) is 3.44. The predicted octanol–water partition coefficient (Wildman–Crippen LogP) is 3.96. The van der Waals surface area contributed by atoms with Crippen LogP contribution in [0.1, 0.15) is 28.9 Å². The number of sulfonamides is 1. The van der Waals surface area contributed by atoms with Gasteiger partial charge in [0, 0.05) is 37.5 Å². The number of amides is 1. The van der Waals surface area contributed by atoms with Crippen LogP contribution in [0.3, 0.4) is 0 Å². The highest BCUT2D eigenvalue weighted by atomic mass is 32.2. The molecule has 0 unspecified atom stereocenters. The highest BCUT2D eigenvalue weighted by Gasteiger charge is 2.33. The highest BCUT2D eigenvalue weighted by Crippen LogP contribution is 2.28. The summed E-state index contributed by atoms with van der Waals surface area (Å²) >= 11 is 0. The number of aromatic nitrogens is 2. The molecule has 1 amide bonds. The quantitative estimate of drug-likeness (QED) is 0.583. The molecule has 0 radical (unpaired) electrons. The van der Waals surface area contributed by atoms with Gasteiger partial charge in [0.1, 0.15) is 5.84 Å². The summed E-state index contributed by atoms with van der Waals surface area (Å²) in [6, 6.07) is 12.3. The summed E-state index contributed by atoms with van der Waals surface area (Å²) in [6.07, 6.45) is -1.90. The number of halogens is 3. The zero-order valence-corrected chi connectivity index (χ0v) is 18.8. The molecule has 2 aromatic carbocycles. The standard InChI is InChI=1S/C22H20F3N5O3S/c1-29-13-2-3-20(29)28-34(32,33)18-10-6-16(7-11-18)26-21(31)15-4-8-17(9-5-15)30-14-12-19(27-30)22(23,24)25/h4-12,14H,2-3,13H2,1H3,(H,26,31)/b28-20+. The number of anilines is 1. The zero-order valence-electron chi connectivity index (χ0n) is 18.0. The van der Waals surface area contributed by atoms with Crippen LogP contribution in [0.4, 0.5) is 18.9 Å². The fourth-order valence-electron chi connectivity index (χ4n) is 3.40. The fourth-order valence-corrected chi connectivity index (χ4v) is 4.49. The van der Waals surface area contributed by atoms with Crippen LogP contribution in [0.5, 0.6) is 0 Å². The van der Waals surface area contributed by atoms with Crippen molar-refractivity contribution in [1.82, 2.24) is 14.7 Å². The Balaban J connectivity index is 1.43. The van der Waals surface area contributed by atoms with Crippen LogP contribution >= 0.6 is 0 Å². The Bertz CT molecular complexity index is 1330. The number of benzene rings is 2. The summed E-state index contributed by atoms with van der Waals surface area (Å²) in [5.41, 5.74) is -0.0162. The molecule has 0 saturated carbocycles. The van der Waals surface area contributed by atoms with Crippen molar-refractivity contribution in [3.05, 3.63) is 72.1 Å². The van der Waals surface area contributed by atoms with Crippen LogP contribution in [0.15, 0.2) is 70.1 Å². The minimum atomic E-state index is -4.54. The van der Waals surface area contributed by atoms with Gasteiger partial charge in [0.2, 0.25) is 0 Å². The van der Waals surface area contributed by atoms with E-state index in [0.29, 0.717) is 23.6 Å². The zero-order chi connectivity index (χ0) is 24.5. The van der Waals surface area contributed by atoms with Crippen LogP contribution in [0, 0.1) is 0 Å². The number of nitrogens with zero attached hydrogens (tertiary/aromatic N) is 4. The molecule has 34 heavy (non-hydrogen) atoms. The van der Waals surface area contributed by atoms with E-state index in [1.807, 2.05) is 0 Å². The van der Waals surface area contributed by atoms with Gasteiger partial charge >= 0.3 is 6.18 Å². The molecule has 3 aromatic rings. The van der Waals surface area contributed by atoms with E-state index in [9.17, 15) is 26.4 Å². The van der Waals surface area contributed by atoms with Gasteiger partial charge < -0.3 is 10.2 Å². The van der Waals surface area contributed by atoms with Gasteiger partial charge in [0.05, 0.1) is 10.6 Å². The summed E-state index contributed by atoms with van der Waals surface area (Å²) in [5.74, 6) is 0.0528. The van der Waals surface area contributed by atoms with Crippen molar-refractivity contribution >= 4 is 27.5 Å². The topological polar surface area (TPSA) is 96.7 Å². The first-order valence-electron chi connectivity index (χ1n) is 10.2. The van der Waals surface area contributed by atoms with E-state index in [1.165, 1.54) is 54.7 Å². The van der Waals surface area contributed by atoms with Crippen molar-refractivity contribution in [2.24, 2.45) is 4.40 Å². The van der Waals surface area contributed by atoms with Crippen LogP contribution in [0.2, 0.25) is 0 Å². The molecular weight excluding hydrogens is 471 g/mol. The number of likely N-dealkylation sites (tertiary alicyclic amines) is 1. The second kappa shape index (κ2) is 8.93. The molecule has 4 rings (SSSR count). The maximum absolute atomic E-state index is 12.7. The average molecular weight is 491 g/mol. The normalized spacial score (nSPS) is 15.6. The molecule has 2 heterocycles. The van der Waals surface area contributed by atoms with Crippen LogP contribution < -0.4 is 5.32 Å². The largest absolute Gasteiger partial charge is 0.435 e. The minimum absolute atomic E-state index is 0.0140. The number of nitrogens with one attached hydrogen (secondary N) is 1. The first kappa shape index (κ1) is 23.5. The van der Waals surface area contributed by atoms with Crippen molar-refractivity contribution in [3.63, 3.8) is 0 Å². The Morgan fingerprint density at radius 2 is 1.74 bits per heavy atom. The maximum Gasteiger partial charge on any atom is 0.435 e. The van der Waals surface area contributed by atoms with E-state index in [1.54, 1.807) is 11.9 Å². The van der Waals surface area contributed by atoms with E-state index in [0.717, 1.165) is 23.7 Å². The monoisotopic (exact) mass is 491 g/mol. The molecule has 1 saturated heterocycles. The van der Waals surface area contributed by atoms with Crippen molar-refractivity contribution < 1.29 is 26.4 Å². The fraction of sp³-hybridized carbons (Fsp3) is 0.227. The molecule has 0 aliphatic carbocycles. The molecule has 8 nitrogen and oxygen atoms in total. The number of carbonyl (C=O) groups excluding carboxylic acids is 1. The number of carbonyl (C=O) groups is 1. The smallest absolute Gasteiger partial charge is 0.362 e. The van der Waals surface area contributed by atoms with Gasteiger partial charge in [-0.3, -0.25) is 4.79 Å². The molecule has 1 aliphatic rings. The summed E-state index contributed by atoms with van der Waals surface area (Å²) in [7, 11) is -2.06. The molecule has 12 heteroatoms. The summed E-state index contributed by atoms with van der Waals surface area (Å²) in [4.78, 5) is 14.3. The van der Waals surface area contributed by atoms with Crippen molar-refractivity contribution in [2.75, 3.05) is 18.9 Å². The summed E-state index contributed by atoms with van der Waals surface area (Å²) < 4.78 is 68.2. The third-order valence-corrected chi connectivity index (χ3v) is 6.56. The number of amidine groups is 1. The number of hydrogen-bond acceptors (Lipinski definition) is 4. The Labute approximate surface area is 193 Å². The lowest BCUT2D eigenvalue weighted by Gasteiger charge is -2.11. The van der Waals surface area contributed by atoms with Gasteiger partial charge in [-0.25, -0.2) is 4.68 Å². The second-order valence-corrected chi connectivity index (χ2v) is 9.28. The van der Waals surface area contributed by atoms with Crippen LogP contribution in [0.25, 0.3) is 5.69 Å². The van der Waals surface area contributed by atoms with Gasteiger partial charge in [-0.2, -0.15) is 26.7 Å². The van der Waals surface area contributed by atoms with Gasteiger partial charge in [-0.15, -0.1) is 4.40 Å². The summed E-state index contributed by atoms with van der Waals surface area (Å²) in [5, 5.41) is 6.14. The first-order valence-corrected chi connectivity index (χ1v) is 11.7. The molecule has 0 bridgehead atoms. The van der Waals surface area contributed by atoms with Crippen LogP contribution in [-0.2, 0) is 16.2 Å². The molecule has 1 fully saturated rings. The molecule has 178 valence electrons. The van der Waals surface area contributed by atoms with E-state index in [-0.39, 0.29) is 10.5 Å². The lowest BCUT2D eigenvalue weighted by Crippen LogP contribution is -2.20. The van der Waals surface area contributed by atoms with Gasteiger partial charge in [-0.05, 0) is 61.0 Å². The van der Waals surface area contributed by atoms with E-state index in [2.05, 4.69) is 14.8 Å². The number of rotatable bonds is 5. The molecule has 1 aromatic heterocycles. The Morgan fingerprint density at radius 3 is 2.29 bits per heavy atom. The Hall–Kier alpha value is -3.67. The second-order valence-electron chi connectivity index (χ2n) is 7.68. The molecule has 1 N–H and O–H groups in total. The van der Waals surface area contributed by atoms with Gasteiger partial charge in [0.25, 0.3) is 15.9 Å². The highest BCUT2D eigenvalue weighted by molar-refractivity contribution is 7.90. The molecule has 0 atom stereocenters. The van der Waals surface area contributed by atoms with Gasteiger partial charge in [-0.1, -0.05) is 0 Å². The van der Waals surface area contributed by atoms with Gasteiger partial charge in [0.15, 0.2) is 5.69 Å². The van der Waals surface area contributed by atoms with Crippen LogP contribution in [-0.4, -0.2) is 48.4 Å². The SMILES string of the molecule is CN1CCC/C1=N\S(=O)(=O)c1ccc(NC(=O)c2ccc(-n3ccc(C(F)(F)F)n3)cc2)cc1. The first-order chi connectivity index (χ1) is 16.0. The van der Waals surface area contributed by atoms with E-state index >= 15 is 0 Å². The Kier molecular flexibility index (Phi) is 6.17. The molecular formula is C22H20F3N5O3S. The number of alkyl halides is 3. The van der Waals surface area contributed by atoms with Crippen molar-refractivity contribution in [2.45, 2.75) is 23.9 Å². The lowest BCUT2D eigenvalue weighted by atomic mass is 10.2. The maximum atomic E-state index is 12.7. The number of hydrogen-bond donors (Lipinski definition) is 1. The van der Waals surface area contributed by atoms with Crippen molar-refractivity contribution in [3.8, 4) is 5.69 Å². The minimum Gasteiger partial charge on any atom is -0.362 e. The molecule has 1 aliphatic heterocycles. The third-order valence-electron chi connectivity index (χ3n) is 5.24. The predicted molar refractivity (Wildman–Crippen MR) is 119 cm³/mol. The van der Waals surface area contributed by atoms with E-state index in [4.69, 9.17) is 0 Å². The third kappa shape index (κ3) is 5.11.